The molecule has 0 aromatic heterocycles. The first kappa shape index (κ1) is 13.0. The molecule has 0 aliphatic carbocycles. The number of benzene rings is 2. The lowest BCUT2D eigenvalue weighted by Crippen LogP contribution is -2.05. The van der Waals surface area contributed by atoms with Crippen LogP contribution in [0.4, 0.5) is 0 Å². The zero-order valence-electron chi connectivity index (χ0n) is 10.6. The van der Waals surface area contributed by atoms with Gasteiger partial charge in [0.15, 0.2) is 0 Å². The fourth-order valence-corrected chi connectivity index (χ4v) is 2.84. The predicted octanol–water partition coefficient (Wildman–Crippen LogP) is 3.87. The Balaban J connectivity index is 2.28. The quantitative estimate of drug-likeness (QED) is 0.905. The van der Waals surface area contributed by atoms with Gasteiger partial charge in [-0.05, 0) is 36.8 Å². The van der Waals surface area contributed by atoms with Crippen LogP contribution in [-0.4, -0.2) is 7.11 Å². The Kier molecular flexibility index (Phi) is 4.28. The highest BCUT2D eigenvalue weighted by molar-refractivity contribution is 7.99. The van der Waals surface area contributed by atoms with Crippen molar-refractivity contribution >= 4 is 11.8 Å². The number of hydrogen-bond donors (Lipinski definition) is 1. The van der Waals surface area contributed by atoms with Crippen LogP contribution in [0.25, 0.3) is 0 Å². The zero-order chi connectivity index (χ0) is 13.0. The average molecular weight is 259 g/mol. The van der Waals surface area contributed by atoms with Gasteiger partial charge in [0.05, 0.1) is 7.11 Å². The molecule has 0 saturated carbocycles. The van der Waals surface area contributed by atoms with Gasteiger partial charge in [-0.15, -0.1) is 0 Å². The highest BCUT2D eigenvalue weighted by atomic mass is 32.2. The highest BCUT2D eigenvalue weighted by Gasteiger charge is 2.07. The Morgan fingerprint density at radius 3 is 2.61 bits per heavy atom. The van der Waals surface area contributed by atoms with Crippen LogP contribution in [-0.2, 0) is 0 Å². The zero-order valence-corrected chi connectivity index (χ0v) is 11.4. The molecule has 1 atom stereocenters. The van der Waals surface area contributed by atoms with E-state index in [2.05, 4.69) is 18.2 Å². The Morgan fingerprint density at radius 1 is 1.11 bits per heavy atom. The van der Waals surface area contributed by atoms with Crippen molar-refractivity contribution in [3.8, 4) is 5.75 Å². The SMILES string of the molecule is COc1cccc(Sc2ccccc2C(C)N)c1. The normalized spacial score (nSPS) is 12.2. The minimum absolute atomic E-state index is 0.0410. The van der Waals surface area contributed by atoms with Crippen molar-refractivity contribution in [2.24, 2.45) is 5.73 Å². The molecule has 0 amide bonds. The van der Waals surface area contributed by atoms with Crippen molar-refractivity contribution in [1.29, 1.82) is 0 Å². The maximum atomic E-state index is 5.99. The van der Waals surface area contributed by atoms with Crippen molar-refractivity contribution in [3.63, 3.8) is 0 Å². The van der Waals surface area contributed by atoms with Crippen LogP contribution < -0.4 is 10.5 Å². The molecule has 0 aliphatic heterocycles. The van der Waals surface area contributed by atoms with Gasteiger partial charge >= 0.3 is 0 Å². The molecule has 2 rings (SSSR count). The van der Waals surface area contributed by atoms with E-state index in [0.29, 0.717) is 0 Å². The molecule has 2 N–H and O–H groups in total. The Hall–Kier alpha value is -1.45. The average Bonchev–Trinajstić information content (AvgIpc) is 2.39. The fraction of sp³-hybridized carbons (Fsp3) is 0.200. The highest BCUT2D eigenvalue weighted by Crippen LogP contribution is 2.33. The minimum Gasteiger partial charge on any atom is -0.497 e. The van der Waals surface area contributed by atoms with E-state index in [-0.39, 0.29) is 6.04 Å². The smallest absolute Gasteiger partial charge is 0.119 e. The van der Waals surface area contributed by atoms with E-state index in [1.165, 1.54) is 10.5 Å². The number of rotatable bonds is 4. The van der Waals surface area contributed by atoms with Gasteiger partial charge in [-0.3, -0.25) is 0 Å². The second-order valence-corrected chi connectivity index (χ2v) is 5.22. The number of methoxy groups -OCH3 is 1. The lowest BCUT2D eigenvalue weighted by atomic mass is 10.1. The van der Waals surface area contributed by atoms with Crippen LogP contribution in [0, 0.1) is 0 Å². The number of ether oxygens (including phenoxy) is 1. The van der Waals surface area contributed by atoms with Crippen molar-refractivity contribution in [3.05, 3.63) is 54.1 Å². The van der Waals surface area contributed by atoms with Gasteiger partial charge in [0.1, 0.15) is 5.75 Å². The standard InChI is InChI=1S/C15H17NOS/c1-11(16)14-8-3-4-9-15(14)18-13-7-5-6-12(10-13)17-2/h3-11H,16H2,1-2H3. The summed E-state index contributed by atoms with van der Waals surface area (Å²) in [4.78, 5) is 2.35. The molecule has 2 aromatic carbocycles. The van der Waals surface area contributed by atoms with E-state index in [1.807, 2.05) is 37.3 Å². The van der Waals surface area contributed by atoms with Gasteiger partial charge < -0.3 is 10.5 Å². The third-order valence-electron chi connectivity index (χ3n) is 2.68. The summed E-state index contributed by atoms with van der Waals surface area (Å²) in [6.45, 7) is 2.00. The second-order valence-electron chi connectivity index (χ2n) is 4.11. The van der Waals surface area contributed by atoms with E-state index in [0.717, 1.165) is 10.6 Å². The van der Waals surface area contributed by atoms with E-state index >= 15 is 0 Å². The fourth-order valence-electron chi connectivity index (χ4n) is 1.74. The first-order valence-electron chi connectivity index (χ1n) is 5.87. The molecule has 3 heteroatoms. The molecule has 0 saturated heterocycles. The summed E-state index contributed by atoms with van der Waals surface area (Å²) < 4.78 is 5.23. The molecule has 0 fully saturated rings. The third kappa shape index (κ3) is 3.06. The summed E-state index contributed by atoms with van der Waals surface area (Å²) in [5.41, 5.74) is 7.16. The molecule has 18 heavy (non-hydrogen) atoms. The van der Waals surface area contributed by atoms with Crippen LogP contribution in [0.2, 0.25) is 0 Å². The van der Waals surface area contributed by atoms with Gasteiger partial charge in [0.2, 0.25) is 0 Å². The van der Waals surface area contributed by atoms with Crippen molar-refractivity contribution in [1.82, 2.24) is 0 Å². The molecule has 0 heterocycles. The van der Waals surface area contributed by atoms with Crippen LogP contribution in [0.5, 0.6) is 5.75 Å². The Morgan fingerprint density at radius 2 is 1.89 bits per heavy atom. The Labute approximate surface area is 112 Å². The molecule has 1 unspecified atom stereocenters. The minimum atomic E-state index is 0.0410. The lowest BCUT2D eigenvalue weighted by molar-refractivity contribution is 0.413. The summed E-state index contributed by atoms with van der Waals surface area (Å²) >= 11 is 1.71. The van der Waals surface area contributed by atoms with Crippen LogP contribution >= 0.6 is 11.8 Å². The maximum absolute atomic E-state index is 5.99. The molecule has 2 aromatic rings. The maximum Gasteiger partial charge on any atom is 0.119 e. The van der Waals surface area contributed by atoms with E-state index in [4.69, 9.17) is 10.5 Å². The van der Waals surface area contributed by atoms with Gasteiger partial charge in [-0.2, -0.15) is 0 Å². The van der Waals surface area contributed by atoms with Crippen molar-refractivity contribution < 1.29 is 4.74 Å². The molecular weight excluding hydrogens is 242 g/mol. The summed E-state index contributed by atoms with van der Waals surface area (Å²) in [5.74, 6) is 0.873. The van der Waals surface area contributed by atoms with E-state index in [9.17, 15) is 0 Å². The second kappa shape index (κ2) is 5.94. The first-order valence-corrected chi connectivity index (χ1v) is 6.69. The van der Waals surface area contributed by atoms with Gasteiger partial charge in [-0.1, -0.05) is 36.0 Å². The third-order valence-corrected chi connectivity index (χ3v) is 3.76. The van der Waals surface area contributed by atoms with Gasteiger partial charge in [0.25, 0.3) is 0 Å². The topological polar surface area (TPSA) is 35.2 Å². The summed E-state index contributed by atoms with van der Waals surface area (Å²) in [7, 11) is 1.68. The van der Waals surface area contributed by atoms with Gasteiger partial charge in [0, 0.05) is 15.8 Å². The van der Waals surface area contributed by atoms with E-state index < -0.39 is 0 Å². The summed E-state index contributed by atoms with van der Waals surface area (Å²) in [6.07, 6.45) is 0. The molecule has 0 bridgehead atoms. The summed E-state index contributed by atoms with van der Waals surface area (Å²) in [5, 5.41) is 0. The molecule has 0 aliphatic rings. The van der Waals surface area contributed by atoms with Gasteiger partial charge in [-0.25, -0.2) is 0 Å². The van der Waals surface area contributed by atoms with Crippen molar-refractivity contribution in [2.75, 3.05) is 7.11 Å². The predicted molar refractivity (Wildman–Crippen MR) is 76.2 cm³/mol. The molecule has 94 valence electrons. The van der Waals surface area contributed by atoms with Crippen LogP contribution in [0.15, 0.2) is 58.3 Å². The molecule has 2 nitrogen and oxygen atoms in total. The number of hydrogen-bond acceptors (Lipinski definition) is 3. The summed E-state index contributed by atoms with van der Waals surface area (Å²) in [6, 6.07) is 16.3. The van der Waals surface area contributed by atoms with Crippen LogP contribution in [0.3, 0.4) is 0 Å². The van der Waals surface area contributed by atoms with Crippen LogP contribution in [0.1, 0.15) is 18.5 Å². The largest absolute Gasteiger partial charge is 0.497 e. The van der Waals surface area contributed by atoms with E-state index in [1.54, 1.807) is 18.9 Å². The number of nitrogens with two attached hydrogens (primary N) is 1. The Bertz CT molecular complexity index is 525. The monoisotopic (exact) mass is 259 g/mol. The first-order chi connectivity index (χ1) is 8.70. The lowest BCUT2D eigenvalue weighted by Gasteiger charge is -2.12. The molecular formula is C15H17NOS. The molecule has 0 radical (unpaired) electrons. The molecule has 0 spiro atoms. The van der Waals surface area contributed by atoms with Crippen molar-refractivity contribution in [2.45, 2.75) is 22.8 Å².